The van der Waals surface area contributed by atoms with Crippen molar-refractivity contribution in [2.24, 2.45) is 0 Å². The quantitative estimate of drug-likeness (QED) is 0.657. The van der Waals surface area contributed by atoms with Gasteiger partial charge in [-0.05, 0) is 25.2 Å². The van der Waals surface area contributed by atoms with E-state index in [2.05, 4.69) is 9.80 Å². The highest BCUT2D eigenvalue weighted by atomic mass is 16.5. The molecular weight excluding hydrogens is 352 g/mol. The van der Waals surface area contributed by atoms with Crippen LogP contribution in [0.2, 0.25) is 0 Å². The summed E-state index contributed by atoms with van der Waals surface area (Å²) in [6.07, 6.45) is -0.185. The molecule has 0 amide bonds. The van der Waals surface area contributed by atoms with Crippen LogP contribution >= 0.6 is 0 Å². The summed E-state index contributed by atoms with van der Waals surface area (Å²) >= 11 is 0. The summed E-state index contributed by atoms with van der Waals surface area (Å²) in [6, 6.07) is 19.7. The van der Waals surface area contributed by atoms with Crippen molar-refractivity contribution in [3.63, 3.8) is 0 Å². The van der Waals surface area contributed by atoms with Crippen LogP contribution < -0.4 is 0 Å². The molecule has 28 heavy (non-hydrogen) atoms. The second-order valence-electron chi connectivity index (χ2n) is 7.49. The van der Waals surface area contributed by atoms with Gasteiger partial charge >= 0.3 is 5.97 Å². The first-order valence-electron chi connectivity index (χ1n) is 9.88. The van der Waals surface area contributed by atoms with E-state index in [1.54, 1.807) is 0 Å². The van der Waals surface area contributed by atoms with Gasteiger partial charge in [0.15, 0.2) is 0 Å². The highest BCUT2D eigenvalue weighted by molar-refractivity contribution is 5.82. The topological polar surface area (TPSA) is 42.0 Å². The van der Waals surface area contributed by atoms with E-state index in [-0.39, 0.29) is 12.1 Å². The van der Waals surface area contributed by atoms with E-state index in [0.29, 0.717) is 6.54 Å². The number of morpholine rings is 1. The Morgan fingerprint density at radius 1 is 1.00 bits per heavy atom. The van der Waals surface area contributed by atoms with Crippen LogP contribution in [0.5, 0.6) is 0 Å². The van der Waals surface area contributed by atoms with E-state index in [9.17, 15) is 4.79 Å². The minimum atomic E-state index is -0.420. The van der Waals surface area contributed by atoms with Crippen molar-refractivity contribution in [3.8, 4) is 0 Å². The van der Waals surface area contributed by atoms with E-state index >= 15 is 0 Å². The molecule has 0 N–H and O–H groups in total. The lowest BCUT2D eigenvalue weighted by Gasteiger charge is -2.32. The zero-order chi connectivity index (χ0) is 19.8. The second-order valence-corrected chi connectivity index (χ2v) is 7.49. The van der Waals surface area contributed by atoms with E-state index < -0.39 is 5.92 Å². The number of benzene rings is 2. The molecule has 3 rings (SSSR count). The smallest absolute Gasteiger partial charge is 0.318 e. The van der Waals surface area contributed by atoms with Gasteiger partial charge in [0.25, 0.3) is 0 Å². The van der Waals surface area contributed by atoms with Gasteiger partial charge in [0, 0.05) is 26.2 Å². The molecule has 0 radical (unpaired) electrons. The molecule has 5 nitrogen and oxygen atoms in total. The highest BCUT2D eigenvalue weighted by Crippen LogP contribution is 2.26. The third kappa shape index (κ3) is 5.89. The maximum Gasteiger partial charge on any atom is 0.318 e. The summed E-state index contributed by atoms with van der Waals surface area (Å²) in [5.74, 6) is -0.616. The first-order valence-corrected chi connectivity index (χ1v) is 9.88. The van der Waals surface area contributed by atoms with Gasteiger partial charge in [0.05, 0.1) is 13.2 Å². The first kappa shape index (κ1) is 20.5. The molecule has 0 aliphatic carbocycles. The number of likely N-dealkylation sites (N-methyl/N-ethyl adjacent to an activating group) is 1. The molecule has 1 fully saturated rings. The van der Waals surface area contributed by atoms with Crippen molar-refractivity contribution < 1.29 is 14.3 Å². The van der Waals surface area contributed by atoms with E-state index in [0.717, 1.165) is 44.0 Å². The maximum atomic E-state index is 13.3. The van der Waals surface area contributed by atoms with Crippen LogP contribution in [0.25, 0.3) is 0 Å². The highest BCUT2D eigenvalue weighted by Gasteiger charge is 2.28. The van der Waals surface area contributed by atoms with Crippen LogP contribution in [0.1, 0.15) is 17.0 Å². The molecule has 0 spiro atoms. The van der Waals surface area contributed by atoms with Crippen molar-refractivity contribution in [1.29, 1.82) is 0 Å². The summed E-state index contributed by atoms with van der Waals surface area (Å²) in [7, 11) is 4.01. The molecule has 1 atom stereocenters. The number of carbonyl (C=O) groups is 1. The zero-order valence-electron chi connectivity index (χ0n) is 16.8. The molecule has 0 aromatic heterocycles. The molecule has 1 heterocycles. The van der Waals surface area contributed by atoms with Gasteiger partial charge < -0.3 is 14.4 Å². The molecule has 1 saturated heterocycles. The normalized spacial score (nSPS) is 16.3. The molecule has 2 aromatic carbocycles. The molecule has 5 heteroatoms. The predicted octanol–water partition coefficient (Wildman–Crippen LogP) is 2.62. The van der Waals surface area contributed by atoms with Gasteiger partial charge in [0.2, 0.25) is 0 Å². The summed E-state index contributed by atoms with van der Waals surface area (Å²) < 4.78 is 11.5. The average Bonchev–Trinajstić information content (AvgIpc) is 2.70. The molecule has 150 valence electrons. The Labute approximate surface area is 167 Å². The molecule has 1 unspecified atom stereocenters. The van der Waals surface area contributed by atoms with Gasteiger partial charge in [-0.3, -0.25) is 9.69 Å². The second kappa shape index (κ2) is 10.4. The van der Waals surface area contributed by atoms with Crippen molar-refractivity contribution >= 4 is 5.97 Å². The van der Waals surface area contributed by atoms with E-state index in [4.69, 9.17) is 9.47 Å². The number of carbonyl (C=O) groups excluding carboxylic acids is 1. The van der Waals surface area contributed by atoms with Gasteiger partial charge in [-0.1, -0.05) is 60.7 Å². The number of hydrogen-bond acceptors (Lipinski definition) is 5. The number of esters is 1. The largest absolute Gasteiger partial charge is 0.459 e. The molecule has 0 bridgehead atoms. The van der Waals surface area contributed by atoms with Crippen LogP contribution in [0.4, 0.5) is 0 Å². The van der Waals surface area contributed by atoms with Gasteiger partial charge in [-0.2, -0.15) is 0 Å². The first-order chi connectivity index (χ1) is 13.6. The lowest BCUT2D eigenvalue weighted by Crippen LogP contribution is -2.45. The Morgan fingerprint density at radius 3 is 2.04 bits per heavy atom. The van der Waals surface area contributed by atoms with Crippen LogP contribution in [-0.2, 0) is 14.3 Å². The van der Waals surface area contributed by atoms with Crippen molar-refractivity contribution in [2.75, 3.05) is 53.5 Å². The molecule has 1 aliphatic rings. The molecule has 0 saturated carbocycles. The monoisotopic (exact) mass is 382 g/mol. The summed E-state index contributed by atoms with van der Waals surface area (Å²) in [6.45, 7) is 4.64. The Kier molecular flexibility index (Phi) is 7.60. The lowest BCUT2D eigenvalue weighted by atomic mass is 9.91. The Balaban J connectivity index is 1.77. The maximum absolute atomic E-state index is 13.3. The van der Waals surface area contributed by atoms with Gasteiger partial charge in [0.1, 0.15) is 12.0 Å². The lowest BCUT2D eigenvalue weighted by molar-refractivity contribution is -0.152. The van der Waals surface area contributed by atoms with E-state index in [1.807, 2.05) is 74.8 Å². The predicted molar refractivity (Wildman–Crippen MR) is 110 cm³/mol. The molecular formula is C23H30N2O3. The number of ether oxygens (including phenoxy) is 2. The van der Waals surface area contributed by atoms with Gasteiger partial charge in [-0.15, -0.1) is 0 Å². The summed E-state index contributed by atoms with van der Waals surface area (Å²) in [4.78, 5) is 17.7. The van der Waals surface area contributed by atoms with Crippen molar-refractivity contribution in [3.05, 3.63) is 71.8 Å². The SMILES string of the molecule is CN(C)CC(CN1CCOCC1)OC(=O)C(c1ccccc1)c1ccccc1. The third-order valence-corrected chi connectivity index (χ3v) is 4.92. The fourth-order valence-corrected chi connectivity index (χ4v) is 3.60. The standard InChI is InChI=1S/C23H30N2O3/c1-24(2)17-21(18-25-13-15-27-16-14-25)28-23(26)22(19-9-5-3-6-10-19)20-11-7-4-8-12-20/h3-12,21-22H,13-18H2,1-2H3. The zero-order valence-corrected chi connectivity index (χ0v) is 16.8. The summed E-state index contributed by atoms with van der Waals surface area (Å²) in [5, 5.41) is 0. The fourth-order valence-electron chi connectivity index (χ4n) is 3.60. The fraction of sp³-hybridized carbons (Fsp3) is 0.435. The molecule has 1 aliphatic heterocycles. The average molecular weight is 383 g/mol. The van der Waals surface area contributed by atoms with Crippen LogP contribution in [0.3, 0.4) is 0 Å². The van der Waals surface area contributed by atoms with Crippen molar-refractivity contribution in [1.82, 2.24) is 9.80 Å². The molecule has 2 aromatic rings. The van der Waals surface area contributed by atoms with Crippen molar-refractivity contribution in [2.45, 2.75) is 12.0 Å². The third-order valence-electron chi connectivity index (χ3n) is 4.92. The van der Waals surface area contributed by atoms with Gasteiger partial charge in [-0.25, -0.2) is 0 Å². The van der Waals surface area contributed by atoms with Crippen LogP contribution in [0.15, 0.2) is 60.7 Å². The summed E-state index contributed by atoms with van der Waals surface area (Å²) in [5.41, 5.74) is 1.90. The Bertz CT molecular complexity index is 676. The minimum absolute atomic E-state index is 0.185. The number of rotatable bonds is 8. The van der Waals surface area contributed by atoms with E-state index in [1.165, 1.54) is 0 Å². The van der Waals surface area contributed by atoms with Crippen LogP contribution in [-0.4, -0.2) is 75.4 Å². The number of nitrogens with zero attached hydrogens (tertiary/aromatic N) is 2. The number of hydrogen-bond donors (Lipinski definition) is 0. The van der Waals surface area contributed by atoms with Crippen LogP contribution in [0, 0.1) is 0 Å². The minimum Gasteiger partial charge on any atom is -0.459 e. The Hall–Kier alpha value is -2.21. The Morgan fingerprint density at radius 2 is 1.54 bits per heavy atom.